The van der Waals surface area contributed by atoms with E-state index in [-0.39, 0.29) is 55.4 Å². The van der Waals surface area contributed by atoms with Crippen LogP contribution in [0.15, 0.2) is 297 Å². The van der Waals surface area contributed by atoms with E-state index in [0.29, 0.717) is 0 Å². The first-order valence-electron chi connectivity index (χ1n) is 48.1. The predicted octanol–water partition coefficient (Wildman–Crippen LogP) is 33.2. The summed E-state index contributed by atoms with van der Waals surface area (Å²) >= 11 is 0. The Labute approximate surface area is 782 Å². The molecule has 0 radical (unpaired) electrons. The maximum Gasteiger partial charge on any atom is 0.252 e. The number of rotatable bonds is 8. The molecular formula is C127H130BN3. The second-order valence-electron chi connectivity index (χ2n) is 47.9. The van der Waals surface area contributed by atoms with Crippen LogP contribution >= 0.6 is 0 Å². The van der Waals surface area contributed by atoms with Gasteiger partial charge in [-0.3, -0.25) is 0 Å². The van der Waals surface area contributed by atoms with Gasteiger partial charge < -0.3 is 14.4 Å². The third kappa shape index (κ3) is 14.3. The third-order valence-electron chi connectivity index (χ3n) is 29.6. The number of hydrogen-bond donors (Lipinski definition) is 0. The van der Waals surface area contributed by atoms with Crippen molar-refractivity contribution in [2.24, 2.45) is 0 Å². The van der Waals surface area contributed by atoms with Crippen molar-refractivity contribution in [1.82, 2.24) is 4.57 Å². The maximum atomic E-state index is 2.82. The predicted molar refractivity (Wildman–Crippen MR) is 567 cm³/mol. The molecule has 656 valence electrons. The van der Waals surface area contributed by atoms with E-state index in [1.54, 1.807) is 0 Å². The zero-order valence-corrected chi connectivity index (χ0v) is 82.7. The van der Waals surface area contributed by atoms with Gasteiger partial charge in [0.25, 0.3) is 6.71 Å². The molecule has 20 rings (SSSR count). The van der Waals surface area contributed by atoms with Crippen LogP contribution in [0.3, 0.4) is 0 Å². The lowest BCUT2D eigenvalue weighted by Crippen LogP contribution is -2.61. The zero-order chi connectivity index (χ0) is 92.6. The number of para-hydroxylation sites is 1. The number of aromatic nitrogens is 1. The molecule has 0 saturated heterocycles. The molecule has 0 fully saturated rings. The number of hydrogen-bond acceptors (Lipinski definition) is 2. The van der Waals surface area contributed by atoms with Gasteiger partial charge in [0.05, 0.1) is 27.8 Å². The van der Waals surface area contributed by atoms with E-state index >= 15 is 0 Å². The molecule has 0 saturated carbocycles. The van der Waals surface area contributed by atoms with Crippen LogP contribution in [-0.4, -0.2) is 11.3 Å². The second-order valence-corrected chi connectivity index (χ2v) is 47.9. The molecule has 3 nitrogen and oxygen atoms in total. The van der Waals surface area contributed by atoms with Gasteiger partial charge in [0.2, 0.25) is 0 Å². The Hall–Kier alpha value is -12.2. The Morgan fingerprint density at radius 3 is 0.908 bits per heavy atom. The average molecular weight is 1710 g/mol. The highest BCUT2D eigenvalue weighted by Gasteiger charge is 2.53. The quantitative estimate of drug-likeness (QED) is 0.141. The molecule has 15 aromatic carbocycles. The van der Waals surface area contributed by atoms with Crippen LogP contribution in [0.1, 0.15) is 259 Å². The molecule has 2 aliphatic carbocycles. The number of fused-ring (bicyclic) bond motifs is 17. The van der Waals surface area contributed by atoms with Crippen molar-refractivity contribution >= 4 is 79.0 Å². The topological polar surface area (TPSA) is 11.4 Å². The van der Waals surface area contributed by atoms with Crippen LogP contribution < -0.4 is 26.2 Å². The summed E-state index contributed by atoms with van der Waals surface area (Å²) in [5.74, 6) is 0. The Balaban J connectivity index is 0.971. The molecule has 16 aromatic rings. The fourth-order valence-electron chi connectivity index (χ4n) is 21.8. The molecule has 1 spiro atoms. The number of benzene rings is 15. The van der Waals surface area contributed by atoms with E-state index in [2.05, 4.69) is 499 Å². The minimum atomic E-state index is -0.564. The van der Waals surface area contributed by atoms with Crippen molar-refractivity contribution in [3.8, 4) is 83.6 Å². The molecule has 4 aliphatic rings. The van der Waals surface area contributed by atoms with Crippen LogP contribution in [0.2, 0.25) is 0 Å². The second kappa shape index (κ2) is 29.9. The summed E-state index contributed by atoms with van der Waals surface area (Å²) in [6.07, 6.45) is 0. The average Bonchev–Trinajstić information content (AvgIpc) is 1.36. The summed E-state index contributed by atoms with van der Waals surface area (Å²) in [6, 6.07) is 120. The van der Waals surface area contributed by atoms with Gasteiger partial charge in [0.1, 0.15) is 0 Å². The van der Waals surface area contributed by atoms with Gasteiger partial charge in [-0.2, -0.15) is 0 Å². The zero-order valence-electron chi connectivity index (χ0n) is 82.7. The van der Waals surface area contributed by atoms with Crippen molar-refractivity contribution in [1.29, 1.82) is 0 Å². The van der Waals surface area contributed by atoms with Crippen molar-refractivity contribution in [2.75, 3.05) is 9.80 Å². The lowest BCUT2D eigenvalue weighted by atomic mass is 9.33. The summed E-state index contributed by atoms with van der Waals surface area (Å²) in [4.78, 5) is 5.64. The molecule has 0 atom stereocenters. The van der Waals surface area contributed by atoms with E-state index < -0.39 is 5.41 Å². The van der Waals surface area contributed by atoms with Gasteiger partial charge in [-0.1, -0.05) is 411 Å². The lowest BCUT2D eigenvalue weighted by Gasteiger charge is -2.47. The molecule has 1 aromatic heterocycles. The molecule has 3 heterocycles. The van der Waals surface area contributed by atoms with Gasteiger partial charge in [0, 0.05) is 61.5 Å². The fraction of sp³-hybridized carbons (Fsp3) is 0.291. The Bertz CT molecular complexity index is 7100. The molecule has 0 unspecified atom stereocenters. The third-order valence-corrected chi connectivity index (χ3v) is 29.6. The van der Waals surface area contributed by atoms with Crippen molar-refractivity contribution in [3.63, 3.8) is 0 Å². The first kappa shape index (κ1) is 86.8. The minimum absolute atomic E-state index is 0.0763. The van der Waals surface area contributed by atoms with Crippen LogP contribution in [0.25, 0.3) is 105 Å². The standard InChI is InChI=1S/C127H130BN3/c1-118(2,3)83-53-44-77(45-54-83)97-68-89(124(19,20)21)69-98(78-46-55-84(56-47-78)119(4,5)6)116(97)130-111-66-81(82-64-87(122(13,14)15)67-88(65-82)123(16,17)18)52-62-107(111)128-108-63-61-92(129-109-43-35-31-39-96(109)102-75-101-95-38-30-34-42-105(95)127(106(101)76-110(102)129)103-40-32-28-36-93(103)94-37-29-33-41-104(94)127)74-112(108)131(114-73-91(126(25,26)27)72-113(130)115(114)128)117-99(79-48-57-85(58-49-79)120(7,8)9)70-90(125(22,23)24)71-100(117)80-50-59-86(60-51-80)121(10,11)12/h28-76H,1-27H3. The van der Waals surface area contributed by atoms with Crippen LogP contribution in [0, 0.1) is 0 Å². The van der Waals surface area contributed by atoms with Crippen LogP contribution in [0.5, 0.6) is 0 Å². The summed E-state index contributed by atoms with van der Waals surface area (Å²) in [5, 5.41) is 2.45. The summed E-state index contributed by atoms with van der Waals surface area (Å²) in [6.45, 7) is 63.8. The maximum absolute atomic E-state index is 2.82. The van der Waals surface area contributed by atoms with E-state index in [1.807, 2.05) is 0 Å². The van der Waals surface area contributed by atoms with Crippen LogP contribution in [0.4, 0.5) is 34.1 Å². The van der Waals surface area contributed by atoms with E-state index in [4.69, 9.17) is 0 Å². The van der Waals surface area contributed by atoms with Gasteiger partial charge in [-0.05, 0) is 266 Å². The molecule has 0 bridgehead atoms. The van der Waals surface area contributed by atoms with Crippen molar-refractivity contribution < 1.29 is 0 Å². The highest BCUT2D eigenvalue weighted by atomic mass is 15.2. The highest BCUT2D eigenvalue weighted by Crippen LogP contribution is 2.65. The molecule has 4 heteroatoms. The fourth-order valence-corrected chi connectivity index (χ4v) is 21.8. The highest BCUT2D eigenvalue weighted by molar-refractivity contribution is 7.00. The Morgan fingerprint density at radius 2 is 0.527 bits per heavy atom. The number of nitrogens with zero attached hydrogens (tertiary/aromatic N) is 3. The Kier molecular flexibility index (Phi) is 19.8. The molecule has 131 heavy (non-hydrogen) atoms. The largest absolute Gasteiger partial charge is 0.310 e. The van der Waals surface area contributed by atoms with Crippen LogP contribution in [-0.2, 0) is 54.1 Å². The molecule has 2 aliphatic heterocycles. The first-order chi connectivity index (χ1) is 61.6. The van der Waals surface area contributed by atoms with Gasteiger partial charge in [-0.15, -0.1) is 0 Å². The van der Waals surface area contributed by atoms with Gasteiger partial charge in [-0.25, -0.2) is 0 Å². The SMILES string of the molecule is CC(C)(C)c1ccc(-c2cc(C(C)(C)C)cc(-c3ccc(C(C)(C)C)cc3)c2N2c3cc(-c4cc(C(C)(C)C)cc(C(C)(C)C)c4)ccc3B3c4ccc(-n5c6ccccc6c6cc7c(cc65)C5(c6ccccc6-c6ccccc65)c5ccccc5-7)cc4N(c4c(-c5ccc(C(C)(C)C)cc5)cc(C(C)(C)C)cc4-c4ccc(C(C)(C)C)cc4)c4cc(C(C)(C)C)cc2c43)cc1. The molecular weight excluding hydrogens is 1580 g/mol. The summed E-state index contributed by atoms with van der Waals surface area (Å²) in [5.41, 5.74) is 46.0. The lowest BCUT2D eigenvalue weighted by molar-refractivity contribution is 0.569. The van der Waals surface area contributed by atoms with E-state index in [1.165, 1.54) is 189 Å². The minimum Gasteiger partial charge on any atom is -0.310 e. The molecule has 0 amide bonds. The summed E-state index contributed by atoms with van der Waals surface area (Å²) < 4.78 is 2.65. The van der Waals surface area contributed by atoms with E-state index in [0.717, 1.165) is 39.6 Å². The normalized spacial score (nSPS) is 14.2. The van der Waals surface area contributed by atoms with Crippen molar-refractivity contribution in [3.05, 3.63) is 370 Å². The Morgan fingerprint density at radius 1 is 0.206 bits per heavy atom. The monoisotopic (exact) mass is 1710 g/mol. The van der Waals surface area contributed by atoms with Gasteiger partial charge in [0.15, 0.2) is 0 Å². The van der Waals surface area contributed by atoms with Gasteiger partial charge >= 0.3 is 0 Å². The van der Waals surface area contributed by atoms with Crippen molar-refractivity contribution in [2.45, 2.75) is 241 Å². The smallest absolute Gasteiger partial charge is 0.252 e. The summed E-state index contributed by atoms with van der Waals surface area (Å²) in [7, 11) is 0. The molecule has 0 N–H and O–H groups in total. The van der Waals surface area contributed by atoms with E-state index in [9.17, 15) is 0 Å². The number of anilines is 6. The first-order valence-corrected chi connectivity index (χ1v) is 48.1.